The molecule has 2 aromatic heterocycles. The summed E-state index contributed by atoms with van der Waals surface area (Å²) in [5.41, 5.74) is 2.13. The van der Waals surface area contributed by atoms with E-state index in [1.807, 2.05) is 6.07 Å². The Labute approximate surface area is 94.5 Å². The minimum atomic E-state index is 0.455. The maximum atomic E-state index is 4.11. The van der Waals surface area contributed by atoms with Crippen LogP contribution in [-0.4, -0.2) is 25.8 Å². The Morgan fingerprint density at radius 3 is 2.94 bits per heavy atom. The van der Waals surface area contributed by atoms with Crippen LogP contribution >= 0.6 is 0 Å². The molecule has 84 valence electrons. The molecule has 2 rings (SSSR count). The molecular formula is C11H15N5. The van der Waals surface area contributed by atoms with Crippen LogP contribution in [0.5, 0.6) is 0 Å². The summed E-state index contributed by atoms with van der Waals surface area (Å²) < 4.78 is 1.73. The van der Waals surface area contributed by atoms with Crippen LogP contribution in [0.4, 0.5) is 0 Å². The molecule has 0 aromatic carbocycles. The molecule has 16 heavy (non-hydrogen) atoms. The van der Waals surface area contributed by atoms with Crippen LogP contribution in [0.1, 0.15) is 19.4 Å². The highest BCUT2D eigenvalue weighted by Crippen LogP contribution is 2.10. The lowest BCUT2D eigenvalue weighted by atomic mass is 10.2. The lowest BCUT2D eigenvalue weighted by Gasteiger charge is -2.11. The van der Waals surface area contributed by atoms with E-state index in [4.69, 9.17) is 0 Å². The molecule has 0 aliphatic rings. The second-order valence-electron chi connectivity index (χ2n) is 3.88. The van der Waals surface area contributed by atoms with Gasteiger partial charge in [-0.25, -0.2) is 9.67 Å². The van der Waals surface area contributed by atoms with Crippen LogP contribution in [0.25, 0.3) is 5.69 Å². The van der Waals surface area contributed by atoms with Crippen LogP contribution in [0, 0.1) is 0 Å². The number of nitrogens with zero attached hydrogens (tertiary/aromatic N) is 4. The summed E-state index contributed by atoms with van der Waals surface area (Å²) in [4.78, 5) is 8.05. The highest BCUT2D eigenvalue weighted by atomic mass is 15.3. The Kier molecular flexibility index (Phi) is 3.26. The van der Waals surface area contributed by atoms with Crippen LogP contribution in [-0.2, 0) is 6.54 Å². The Hall–Kier alpha value is -1.75. The zero-order valence-electron chi connectivity index (χ0n) is 9.46. The molecule has 2 aromatic rings. The van der Waals surface area contributed by atoms with Gasteiger partial charge in [-0.05, 0) is 11.6 Å². The molecule has 0 bridgehead atoms. The van der Waals surface area contributed by atoms with Gasteiger partial charge in [0.1, 0.15) is 12.7 Å². The fourth-order valence-electron chi connectivity index (χ4n) is 1.42. The van der Waals surface area contributed by atoms with E-state index >= 15 is 0 Å². The summed E-state index contributed by atoms with van der Waals surface area (Å²) in [7, 11) is 0. The quantitative estimate of drug-likeness (QED) is 0.835. The van der Waals surface area contributed by atoms with Crippen molar-refractivity contribution in [1.29, 1.82) is 0 Å². The fraction of sp³-hybridized carbons (Fsp3) is 0.364. The first kappa shape index (κ1) is 10.8. The summed E-state index contributed by atoms with van der Waals surface area (Å²) in [6, 6.07) is 2.45. The second-order valence-corrected chi connectivity index (χ2v) is 3.88. The van der Waals surface area contributed by atoms with Gasteiger partial charge in [-0.1, -0.05) is 13.8 Å². The van der Waals surface area contributed by atoms with Crippen LogP contribution in [0.3, 0.4) is 0 Å². The van der Waals surface area contributed by atoms with Crippen LogP contribution in [0.15, 0.2) is 31.1 Å². The van der Waals surface area contributed by atoms with E-state index < -0.39 is 0 Å². The SMILES string of the molecule is CC(C)NCc1ccncc1-n1cncn1. The summed E-state index contributed by atoms with van der Waals surface area (Å²) in [6.07, 6.45) is 6.78. The van der Waals surface area contributed by atoms with Gasteiger partial charge in [-0.15, -0.1) is 0 Å². The molecule has 5 heteroatoms. The van der Waals surface area contributed by atoms with Crippen molar-refractivity contribution in [3.05, 3.63) is 36.7 Å². The maximum Gasteiger partial charge on any atom is 0.138 e. The zero-order valence-corrected chi connectivity index (χ0v) is 9.46. The molecule has 2 heterocycles. The average Bonchev–Trinajstić information content (AvgIpc) is 2.80. The lowest BCUT2D eigenvalue weighted by molar-refractivity contribution is 0.586. The van der Waals surface area contributed by atoms with Crippen molar-refractivity contribution in [2.45, 2.75) is 26.4 Å². The standard InChI is InChI=1S/C11H15N5/c1-9(2)14-5-10-3-4-12-6-11(10)16-8-13-7-15-16/h3-4,6-9,14H,5H2,1-2H3. The molecule has 0 saturated heterocycles. The minimum Gasteiger partial charge on any atom is -0.310 e. The maximum absolute atomic E-state index is 4.11. The summed E-state index contributed by atoms with van der Waals surface area (Å²) in [5.74, 6) is 0. The predicted octanol–water partition coefficient (Wildman–Crippen LogP) is 1.16. The smallest absolute Gasteiger partial charge is 0.138 e. The van der Waals surface area contributed by atoms with Gasteiger partial charge in [-0.2, -0.15) is 5.10 Å². The first-order chi connectivity index (χ1) is 7.77. The van der Waals surface area contributed by atoms with Gasteiger partial charge < -0.3 is 5.32 Å². The Morgan fingerprint density at radius 1 is 1.38 bits per heavy atom. The number of hydrogen-bond acceptors (Lipinski definition) is 4. The molecule has 0 fully saturated rings. The lowest BCUT2D eigenvalue weighted by Crippen LogP contribution is -2.22. The first-order valence-electron chi connectivity index (χ1n) is 5.28. The van der Waals surface area contributed by atoms with Crippen LogP contribution < -0.4 is 5.32 Å². The molecule has 0 radical (unpaired) electrons. The molecule has 1 N–H and O–H groups in total. The van der Waals surface area contributed by atoms with Crippen molar-refractivity contribution in [2.24, 2.45) is 0 Å². The van der Waals surface area contributed by atoms with Gasteiger partial charge in [0.2, 0.25) is 0 Å². The van der Waals surface area contributed by atoms with Crippen molar-refractivity contribution < 1.29 is 0 Å². The van der Waals surface area contributed by atoms with E-state index in [0.29, 0.717) is 6.04 Å². The Bertz CT molecular complexity index is 435. The van der Waals surface area contributed by atoms with Gasteiger partial charge in [-0.3, -0.25) is 4.98 Å². The average molecular weight is 217 g/mol. The molecule has 0 unspecified atom stereocenters. The molecular weight excluding hydrogens is 202 g/mol. The van der Waals surface area contributed by atoms with Gasteiger partial charge in [0.15, 0.2) is 0 Å². The molecule has 0 atom stereocenters. The Balaban J connectivity index is 2.24. The van der Waals surface area contributed by atoms with Crippen LogP contribution in [0.2, 0.25) is 0 Å². The number of pyridine rings is 1. The predicted molar refractivity (Wildman–Crippen MR) is 61.1 cm³/mol. The van der Waals surface area contributed by atoms with E-state index in [0.717, 1.165) is 17.8 Å². The summed E-state index contributed by atoms with van der Waals surface area (Å²) in [6.45, 7) is 5.04. The van der Waals surface area contributed by atoms with Crippen molar-refractivity contribution in [3.63, 3.8) is 0 Å². The molecule has 0 aliphatic heterocycles. The monoisotopic (exact) mass is 217 g/mol. The van der Waals surface area contributed by atoms with E-state index in [1.54, 1.807) is 23.4 Å². The topological polar surface area (TPSA) is 55.6 Å². The summed E-state index contributed by atoms with van der Waals surface area (Å²) >= 11 is 0. The van der Waals surface area contributed by atoms with Crippen molar-refractivity contribution >= 4 is 0 Å². The Morgan fingerprint density at radius 2 is 2.25 bits per heavy atom. The van der Waals surface area contributed by atoms with Crippen molar-refractivity contribution in [1.82, 2.24) is 25.1 Å². The van der Waals surface area contributed by atoms with Crippen molar-refractivity contribution in [3.8, 4) is 5.69 Å². The third kappa shape index (κ3) is 2.43. The third-order valence-electron chi connectivity index (χ3n) is 2.25. The van der Waals surface area contributed by atoms with Gasteiger partial charge in [0.05, 0.1) is 11.9 Å². The van der Waals surface area contributed by atoms with E-state index in [9.17, 15) is 0 Å². The minimum absolute atomic E-state index is 0.455. The second kappa shape index (κ2) is 4.85. The molecule has 0 saturated carbocycles. The fourth-order valence-corrected chi connectivity index (χ4v) is 1.42. The molecule has 0 amide bonds. The number of nitrogens with one attached hydrogen (secondary N) is 1. The molecule has 0 spiro atoms. The first-order valence-corrected chi connectivity index (χ1v) is 5.28. The number of hydrogen-bond donors (Lipinski definition) is 1. The van der Waals surface area contributed by atoms with Gasteiger partial charge in [0, 0.05) is 18.8 Å². The van der Waals surface area contributed by atoms with Gasteiger partial charge >= 0.3 is 0 Å². The number of rotatable bonds is 4. The normalized spacial score (nSPS) is 10.9. The third-order valence-corrected chi connectivity index (χ3v) is 2.25. The highest BCUT2D eigenvalue weighted by Gasteiger charge is 2.05. The number of aromatic nitrogens is 4. The van der Waals surface area contributed by atoms with Crippen molar-refractivity contribution in [2.75, 3.05) is 0 Å². The van der Waals surface area contributed by atoms with E-state index in [2.05, 4.69) is 34.2 Å². The molecule has 5 nitrogen and oxygen atoms in total. The van der Waals surface area contributed by atoms with E-state index in [-0.39, 0.29) is 0 Å². The van der Waals surface area contributed by atoms with E-state index in [1.165, 1.54) is 6.33 Å². The van der Waals surface area contributed by atoms with Gasteiger partial charge in [0.25, 0.3) is 0 Å². The largest absolute Gasteiger partial charge is 0.310 e. The zero-order chi connectivity index (χ0) is 11.4. The highest BCUT2D eigenvalue weighted by molar-refractivity contribution is 5.36. The summed E-state index contributed by atoms with van der Waals surface area (Å²) in [5, 5.41) is 7.49. The molecule has 0 aliphatic carbocycles.